The summed E-state index contributed by atoms with van der Waals surface area (Å²) >= 11 is 0. The van der Waals surface area contributed by atoms with Crippen LogP contribution in [0.4, 0.5) is 4.79 Å². The SMILES string of the molecule is CCCC(CNC(=NCc1ccco1)NCC)NC(=O)OC(C)(C)C. The Hall–Kier alpha value is -2.18. The highest BCUT2D eigenvalue weighted by molar-refractivity contribution is 5.79. The molecule has 0 aliphatic heterocycles. The number of rotatable bonds is 8. The van der Waals surface area contributed by atoms with E-state index in [0.29, 0.717) is 19.0 Å². The van der Waals surface area contributed by atoms with Gasteiger partial charge in [-0.15, -0.1) is 0 Å². The number of ether oxygens (including phenoxy) is 1. The van der Waals surface area contributed by atoms with Crippen molar-refractivity contribution in [3.05, 3.63) is 24.2 Å². The molecule has 0 saturated heterocycles. The minimum Gasteiger partial charge on any atom is -0.467 e. The van der Waals surface area contributed by atoms with Crippen LogP contribution in [0, 0.1) is 0 Å². The molecule has 1 atom stereocenters. The Balaban J connectivity index is 2.56. The summed E-state index contributed by atoms with van der Waals surface area (Å²) < 4.78 is 10.6. The van der Waals surface area contributed by atoms with E-state index < -0.39 is 11.7 Å². The number of carbonyl (C=O) groups excluding carboxylic acids is 1. The first-order valence-electron chi connectivity index (χ1n) is 8.88. The first kappa shape index (κ1) is 20.9. The largest absolute Gasteiger partial charge is 0.467 e. The number of furan rings is 1. The molecule has 142 valence electrons. The Morgan fingerprint density at radius 1 is 1.32 bits per heavy atom. The molecular weight excluding hydrogens is 320 g/mol. The first-order chi connectivity index (χ1) is 11.8. The van der Waals surface area contributed by atoms with Gasteiger partial charge in [0.1, 0.15) is 17.9 Å². The fourth-order valence-electron chi connectivity index (χ4n) is 2.17. The van der Waals surface area contributed by atoms with E-state index in [0.717, 1.165) is 25.1 Å². The third kappa shape index (κ3) is 9.64. The third-order valence-corrected chi connectivity index (χ3v) is 3.19. The molecule has 1 aromatic heterocycles. The Kier molecular flexibility index (Phi) is 8.88. The Bertz CT molecular complexity index is 521. The lowest BCUT2D eigenvalue weighted by molar-refractivity contribution is 0.0502. The first-order valence-corrected chi connectivity index (χ1v) is 8.88. The quantitative estimate of drug-likeness (QED) is 0.494. The van der Waals surface area contributed by atoms with Crippen LogP contribution in [0.5, 0.6) is 0 Å². The third-order valence-electron chi connectivity index (χ3n) is 3.19. The normalized spacial score (nSPS) is 13.2. The van der Waals surface area contributed by atoms with E-state index in [1.807, 2.05) is 39.8 Å². The summed E-state index contributed by atoms with van der Waals surface area (Å²) in [6.45, 7) is 11.4. The highest BCUT2D eigenvalue weighted by Gasteiger charge is 2.19. The fourth-order valence-corrected chi connectivity index (χ4v) is 2.17. The van der Waals surface area contributed by atoms with E-state index in [1.54, 1.807) is 6.26 Å². The second-order valence-corrected chi connectivity index (χ2v) is 6.79. The minimum atomic E-state index is -0.506. The van der Waals surface area contributed by atoms with Crippen molar-refractivity contribution in [1.29, 1.82) is 0 Å². The number of carbonyl (C=O) groups is 1. The van der Waals surface area contributed by atoms with Crippen molar-refractivity contribution in [2.24, 2.45) is 4.99 Å². The fraction of sp³-hybridized carbons (Fsp3) is 0.667. The van der Waals surface area contributed by atoms with E-state index in [4.69, 9.17) is 9.15 Å². The van der Waals surface area contributed by atoms with Crippen LogP contribution in [-0.4, -0.2) is 36.8 Å². The topological polar surface area (TPSA) is 87.9 Å². The van der Waals surface area contributed by atoms with Gasteiger partial charge >= 0.3 is 6.09 Å². The second-order valence-electron chi connectivity index (χ2n) is 6.79. The Morgan fingerprint density at radius 3 is 2.64 bits per heavy atom. The smallest absolute Gasteiger partial charge is 0.407 e. The maximum absolute atomic E-state index is 12.0. The van der Waals surface area contributed by atoms with Gasteiger partial charge in [0.25, 0.3) is 0 Å². The van der Waals surface area contributed by atoms with Crippen molar-refractivity contribution in [3.63, 3.8) is 0 Å². The summed E-state index contributed by atoms with van der Waals surface area (Å²) in [7, 11) is 0. The van der Waals surface area contributed by atoms with Gasteiger partial charge in [0.15, 0.2) is 5.96 Å². The monoisotopic (exact) mass is 352 g/mol. The van der Waals surface area contributed by atoms with Gasteiger partial charge in [-0.3, -0.25) is 0 Å². The van der Waals surface area contributed by atoms with Gasteiger partial charge in [-0.1, -0.05) is 13.3 Å². The lowest BCUT2D eigenvalue weighted by Gasteiger charge is -2.24. The van der Waals surface area contributed by atoms with E-state index in [-0.39, 0.29) is 6.04 Å². The molecular formula is C18H32N4O3. The van der Waals surface area contributed by atoms with Gasteiger partial charge < -0.3 is 25.1 Å². The number of alkyl carbamates (subject to hydrolysis) is 1. The molecule has 0 saturated carbocycles. The van der Waals surface area contributed by atoms with Crippen LogP contribution in [0.1, 0.15) is 53.2 Å². The average Bonchev–Trinajstić information content (AvgIpc) is 3.01. The molecule has 25 heavy (non-hydrogen) atoms. The molecule has 0 spiro atoms. The predicted octanol–water partition coefficient (Wildman–Crippen LogP) is 3.03. The van der Waals surface area contributed by atoms with Crippen LogP contribution in [0.25, 0.3) is 0 Å². The highest BCUT2D eigenvalue weighted by atomic mass is 16.6. The number of hydrogen-bond donors (Lipinski definition) is 3. The van der Waals surface area contributed by atoms with Crippen LogP contribution in [-0.2, 0) is 11.3 Å². The molecule has 1 amide bonds. The number of nitrogens with zero attached hydrogens (tertiary/aromatic N) is 1. The zero-order valence-corrected chi connectivity index (χ0v) is 16.0. The number of nitrogens with one attached hydrogen (secondary N) is 3. The van der Waals surface area contributed by atoms with E-state index in [9.17, 15) is 4.79 Å². The van der Waals surface area contributed by atoms with E-state index in [1.165, 1.54) is 0 Å². The molecule has 0 radical (unpaired) electrons. The molecule has 7 heteroatoms. The molecule has 0 aliphatic rings. The van der Waals surface area contributed by atoms with Crippen LogP contribution in [0.15, 0.2) is 27.8 Å². The molecule has 1 unspecified atom stereocenters. The van der Waals surface area contributed by atoms with Gasteiger partial charge in [0.05, 0.1) is 6.26 Å². The molecule has 0 fully saturated rings. The zero-order chi connectivity index (χ0) is 18.7. The predicted molar refractivity (Wildman–Crippen MR) is 99.6 cm³/mol. The average molecular weight is 352 g/mol. The van der Waals surface area contributed by atoms with E-state index >= 15 is 0 Å². The highest BCUT2D eigenvalue weighted by Crippen LogP contribution is 2.07. The summed E-state index contributed by atoms with van der Waals surface area (Å²) in [5, 5.41) is 9.37. The standard InChI is InChI=1S/C18H32N4O3/c1-6-9-14(22-17(23)25-18(3,4)5)12-20-16(19-7-2)21-13-15-10-8-11-24-15/h8,10-11,14H,6-7,9,12-13H2,1-5H3,(H,22,23)(H2,19,20,21). The number of guanidine groups is 1. The summed E-state index contributed by atoms with van der Waals surface area (Å²) in [6, 6.07) is 3.69. The van der Waals surface area contributed by atoms with E-state index in [2.05, 4.69) is 27.9 Å². The van der Waals surface area contributed by atoms with Gasteiger partial charge in [-0.05, 0) is 46.2 Å². The van der Waals surface area contributed by atoms with Gasteiger partial charge in [-0.25, -0.2) is 9.79 Å². The van der Waals surface area contributed by atoms with Crippen LogP contribution < -0.4 is 16.0 Å². The molecule has 7 nitrogen and oxygen atoms in total. The lowest BCUT2D eigenvalue weighted by Crippen LogP contribution is -2.48. The maximum Gasteiger partial charge on any atom is 0.407 e. The number of hydrogen-bond acceptors (Lipinski definition) is 4. The van der Waals surface area contributed by atoms with Crippen LogP contribution in [0.3, 0.4) is 0 Å². The molecule has 0 aromatic carbocycles. The summed E-state index contributed by atoms with van der Waals surface area (Å²) in [5.74, 6) is 1.49. The molecule has 0 bridgehead atoms. The minimum absolute atomic E-state index is 0.0349. The molecule has 1 heterocycles. The van der Waals surface area contributed by atoms with Gasteiger partial charge in [0, 0.05) is 19.1 Å². The molecule has 0 aliphatic carbocycles. The van der Waals surface area contributed by atoms with Crippen LogP contribution in [0.2, 0.25) is 0 Å². The van der Waals surface area contributed by atoms with Crippen molar-refractivity contribution >= 4 is 12.1 Å². The summed E-state index contributed by atoms with van der Waals surface area (Å²) in [5.41, 5.74) is -0.506. The van der Waals surface area contributed by atoms with Crippen molar-refractivity contribution in [1.82, 2.24) is 16.0 Å². The van der Waals surface area contributed by atoms with Crippen molar-refractivity contribution < 1.29 is 13.9 Å². The van der Waals surface area contributed by atoms with Crippen LogP contribution >= 0.6 is 0 Å². The molecule has 1 aromatic rings. The van der Waals surface area contributed by atoms with Crippen molar-refractivity contribution in [3.8, 4) is 0 Å². The van der Waals surface area contributed by atoms with Crippen molar-refractivity contribution in [2.75, 3.05) is 13.1 Å². The maximum atomic E-state index is 12.0. The number of aliphatic imine (C=N–C) groups is 1. The molecule has 1 rings (SSSR count). The number of amides is 1. The molecule has 3 N–H and O–H groups in total. The Labute approximate surface area is 150 Å². The lowest BCUT2D eigenvalue weighted by atomic mass is 10.1. The summed E-state index contributed by atoms with van der Waals surface area (Å²) in [4.78, 5) is 16.5. The Morgan fingerprint density at radius 2 is 2.08 bits per heavy atom. The van der Waals surface area contributed by atoms with Gasteiger partial charge in [0.2, 0.25) is 0 Å². The van der Waals surface area contributed by atoms with Gasteiger partial charge in [-0.2, -0.15) is 0 Å². The van der Waals surface area contributed by atoms with Crippen molar-refractivity contribution in [2.45, 2.75) is 65.6 Å². The second kappa shape index (κ2) is 10.6. The zero-order valence-electron chi connectivity index (χ0n) is 16.0. The summed E-state index contributed by atoms with van der Waals surface area (Å²) in [6.07, 6.45) is 3.05.